The number of hydrogen-bond donors (Lipinski definition) is 3. The summed E-state index contributed by atoms with van der Waals surface area (Å²) in [5, 5.41) is 3.09. The van der Waals surface area contributed by atoms with Gasteiger partial charge < -0.3 is 21.6 Å². The number of carbonyl (C=O) groups excluding carboxylic acids is 2. The molecule has 0 bridgehead atoms. The van der Waals surface area contributed by atoms with Gasteiger partial charge in [-0.2, -0.15) is 0 Å². The molecule has 0 heterocycles. The molecule has 0 aromatic rings. The molecule has 5 N–H and O–H groups in total. The number of hydrogen-bond acceptors (Lipinski definition) is 4. The number of nitrogens with two attached hydrogens (primary N) is 2. The van der Waals surface area contributed by atoms with Gasteiger partial charge in [-0.15, -0.1) is 0 Å². The van der Waals surface area contributed by atoms with E-state index < -0.39 is 11.9 Å². The van der Waals surface area contributed by atoms with E-state index in [1.54, 1.807) is 0 Å². The average molecular weight is 215 g/mol. The minimum absolute atomic E-state index is 0.150. The highest BCUT2D eigenvalue weighted by Crippen LogP contribution is 2.18. The van der Waals surface area contributed by atoms with Gasteiger partial charge in [-0.1, -0.05) is 0 Å². The maximum atomic E-state index is 10.8. The first-order valence-electron chi connectivity index (χ1n) is 5.01. The van der Waals surface area contributed by atoms with E-state index in [2.05, 4.69) is 5.32 Å². The van der Waals surface area contributed by atoms with E-state index in [1.165, 1.54) is 0 Å². The van der Waals surface area contributed by atoms with Crippen LogP contribution < -0.4 is 16.8 Å². The van der Waals surface area contributed by atoms with E-state index >= 15 is 0 Å². The maximum absolute atomic E-state index is 10.8. The Labute approximate surface area is 90.6 Å². The molecule has 0 radical (unpaired) electrons. The van der Waals surface area contributed by atoms with Crippen molar-refractivity contribution in [1.29, 1.82) is 0 Å². The molecule has 15 heavy (non-hydrogen) atoms. The number of aldehydes is 1. The van der Waals surface area contributed by atoms with Gasteiger partial charge in [0, 0.05) is 11.5 Å². The van der Waals surface area contributed by atoms with Gasteiger partial charge in [0.25, 0.3) is 0 Å². The number of primary amides is 1. The molecule has 0 aliphatic carbocycles. The van der Waals surface area contributed by atoms with Gasteiger partial charge in [-0.25, -0.2) is 0 Å². The summed E-state index contributed by atoms with van der Waals surface area (Å²) in [6.07, 6.45) is 1.78. The summed E-state index contributed by atoms with van der Waals surface area (Å²) < 4.78 is 0. The van der Waals surface area contributed by atoms with Gasteiger partial charge in [-0.05, 0) is 33.7 Å². The smallest absolute Gasteiger partial charge is 0.234 e. The zero-order valence-corrected chi connectivity index (χ0v) is 9.62. The predicted octanol–water partition coefficient (Wildman–Crippen LogP) is -0.608. The highest BCUT2D eigenvalue weighted by atomic mass is 16.1. The molecule has 0 fully saturated rings. The first-order chi connectivity index (χ1) is 6.82. The molecule has 0 saturated heterocycles. The Morgan fingerprint density at radius 3 is 2.40 bits per heavy atom. The fourth-order valence-corrected chi connectivity index (χ4v) is 1.39. The van der Waals surface area contributed by atoms with Crippen molar-refractivity contribution < 1.29 is 9.59 Å². The first-order valence-corrected chi connectivity index (χ1v) is 5.01. The van der Waals surface area contributed by atoms with E-state index in [4.69, 9.17) is 11.5 Å². The van der Waals surface area contributed by atoms with Gasteiger partial charge >= 0.3 is 0 Å². The van der Waals surface area contributed by atoms with Crippen LogP contribution in [0.1, 0.15) is 26.7 Å². The summed E-state index contributed by atoms with van der Waals surface area (Å²) in [6, 6.07) is -0.743. The van der Waals surface area contributed by atoms with Gasteiger partial charge in [0.1, 0.15) is 6.29 Å². The van der Waals surface area contributed by atoms with Crippen LogP contribution in [0.25, 0.3) is 0 Å². The van der Waals surface area contributed by atoms with Gasteiger partial charge in [0.05, 0.1) is 6.04 Å². The first kappa shape index (κ1) is 14.1. The van der Waals surface area contributed by atoms with Crippen LogP contribution in [0.2, 0.25) is 0 Å². The van der Waals surface area contributed by atoms with Crippen molar-refractivity contribution in [3.8, 4) is 0 Å². The lowest BCUT2D eigenvalue weighted by Gasteiger charge is -2.27. The second kappa shape index (κ2) is 5.82. The lowest BCUT2D eigenvalue weighted by molar-refractivity contribution is -0.120. The summed E-state index contributed by atoms with van der Waals surface area (Å²) in [5.74, 6) is -0.806. The third-order valence-corrected chi connectivity index (χ3v) is 2.56. The Hall–Kier alpha value is -0.940. The molecule has 1 amide bonds. The van der Waals surface area contributed by atoms with E-state index in [0.717, 1.165) is 6.29 Å². The number of carbonyl (C=O) groups is 2. The third kappa shape index (κ3) is 5.49. The molecule has 0 aromatic carbocycles. The van der Waals surface area contributed by atoms with Crippen LogP contribution in [-0.4, -0.2) is 30.8 Å². The summed E-state index contributed by atoms with van der Waals surface area (Å²) >= 11 is 0. The average Bonchev–Trinajstić information content (AvgIpc) is 2.16. The van der Waals surface area contributed by atoms with Crippen molar-refractivity contribution in [3.63, 3.8) is 0 Å². The lowest BCUT2D eigenvalue weighted by atomic mass is 9.87. The topological polar surface area (TPSA) is 98.2 Å². The third-order valence-electron chi connectivity index (χ3n) is 2.56. The Kier molecular flexibility index (Phi) is 5.46. The molecule has 5 nitrogen and oxygen atoms in total. The highest BCUT2D eigenvalue weighted by molar-refractivity contribution is 5.79. The molecule has 5 heteroatoms. The molecule has 0 aliphatic rings. The number of amides is 1. The normalized spacial score (nSPS) is 15.7. The van der Waals surface area contributed by atoms with Crippen LogP contribution in [-0.2, 0) is 9.59 Å². The Balaban J connectivity index is 4.26. The van der Waals surface area contributed by atoms with Crippen molar-refractivity contribution >= 4 is 12.2 Å². The van der Waals surface area contributed by atoms with Gasteiger partial charge in [-0.3, -0.25) is 4.79 Å². The van der Waals surface area contributed by atoms with E-state index in [1.807, 2.05) is 20.9 Å². The maximum Gasteiger partial charge on any atom is 0.234 e. The molecule has 2 unspecified atom stereocenters. The zero-order chi connectivity index (χ0) is 12.1. The summed E-state index contributed by atoms with van der Waals surface area (Å²) in [4.78, 5) is 21.6. The minimum atomic E-state index is -0.743. The van der Waals surface area contributed by atoms with Gasteiger partial charge in [0.2, 0.25) is 5.91 Å². The second-order valence-electron chi connectivity index (χ2n) is 4.48. The quantitative estimate of drug-likeness (QED) is 0.493. The largest absolute Gasteiger partial charge is 0.368 e. The van der Waals surface area contributed by atoms with Crippen LogP contribution in [0.4, 0.5) is 0 Å². The van der Waals surface area contributed by atoms with Crippen LogP contribution in [0.15, 0.2) is 0 Å². The molecule has 0 aliphatic heterocycles. The minimum Gasteiger partial charge on any atom is -0.368 e. The molecule has 2 atom stereocenters. The van der Waals surface area contributed by atoms with Crippen molar-refractivity contribution in [2.45, 2.75) is 38.3 Å². The molecule has 0 saturated carbocycles. The monoisotopic (exact) mass is 215 g/mol. The van der Waals surface area contributed by atoms with Crippen molar-refractivity contribution in [1.82, 2.24) is 5.32 Å². The van der Waals surface area contributed by atoms with Crippen LogP contribution in [0.5, 0.6) is 0 Å². The van der Waals surface area contributed by atoms with E-state index in [0.29, 0.717) is 12.8 Å². The van der Waals surface area contributed by atoms with Gasteiger partial charge in [0.15, 0.2) is 0 Å². The summed E-state index contributed by atoms with van der Waals surface area (Å²) in [6.45, 7) is 3.97. The zero-order valence-electron chi connectivity index (χ0n) is 9.62. The highest BCUT2D eigenvalue weighted by Gasteiger charge is 2.24. The fourth-order valence-electron chi connectivity index (χ4n) is 1.39. The second-order valence-corrected chi connectivity index (χ2v) is 4.48. The molecule has 0 spiro atoms. The Bertz CT molecular complexity index is 229. The lowest BCUT2D eigenvalue weighted by Crippen LogP contribution is -2.42. The Morgan fingerprint density at radius 1 is 1.53 bits per heavy atom. The summed E-state index contributed by atoms with van der Waals surface area (Å²) in [5.41, 5.74) is 10.4. The standard InChI is InChI=1S/C10H21N3O2/c1-10(2,13-3)5-7(6-14)4-8(11)9(12)15/h6-8,13H,4-5,11H2,1-3H3,(H2,12,15). The SMILES string of the molecule is CNC(C)(C)CC(C=O)CC(N)C(N)=O. The molecular formula is C10H21N3O2. The number of rotatable bonds is 7. The molecular weight excluding hydrogens is 194 g/mol. The summed E-state index contributed by atoms with van der Waals surface area (Å²) in [7, 11) is 1.83. The van der Waals surface area contributed by atoms with E-state index in [9.17, 15) is 9.59 Å². The van der Waals surface area contributed by atoms with Crippen molar-refractivity contribution in [2.24, 2.45) is 17.4 Å². The van der Waals surface area contributed by atoms with Crippen molar-refractivity contribution in [2.75, 3.05) is 7.05 Å². The van der Waals surface area contributed by atoms with Crippen LogP contribution in [0, 0.1) is 5.92 Å². The predicted molar refractivity (Wildman–Crippen MR) is 59.1 cm³/mol. The fraction of sp³-hybridized carbons (Fsp3) is 0.800. The molecule has 0 aromatic heterocycles. The number of nitrogens with one attached hydrogen (secondary N) is 1. The van der Waals surface area contributed by atoms with Crippen LogP contribution in [0.3, 0.4) is 0 Å². The van der Waals surface area contributed by atoms with E-state index in [-0.39, 0.29) is 11.5 Å². The Morgan fingerprint density at radius 2 is 2.07 bits per heavy atom. The molecule has 0 rings (SSSR count). The van der Waals surface area contributed by atoms with Crippen LogP contribution >= 0.6 is 0 Å². The molecule has 88 valence electrons. The van der Waals surface area contributed by atoms with Crippen molar-refractivity contribution in [3.05, 3.63) is 0 Å².